The molecule has 1 atom stereocenters. The van der Waals surface area contributed by atoms with Crippen LogP contribution in [0.4, 0.5) is 10.1 Å². The Bertz CT molecular complexity index is 645. The molecule has 22 heavy (non-hydrogen) atoms. The number of hydrogen-bond acceptors (Lipinski definition) is 3. The van der Waals surface area contributed by atoms with E-state index in [0.717, 1.165) is 0 Å². The molecule has 0 bridgehead atoms. The molecule has 2 aromatic carbocycles. The second-order valence-corrected chi connectivity index (χ2v) is 4.69. The van der Waals surface area contributed by atoms with Crippen molar-refractivity contribution in [3.8, 4) is 11.5 Å². The summed E-state index contributed by atoms with van der Waals surface area (Å²) in [5.74, 6) is 0.467. The predicted octanol–water partition coefficient (Wildman–Crippen LogP) is 3.63. The van der Waals surface area contributed by atoms with E-state index in [4.69, 9.17) is 9.47 Å². The van der Waals surface area contributed by atoms with Gasteiger partial charge in [-0.25, -0.2) is 4.39 Å². The van der Waals surface area contributed by atoms with Gasteiger partial charge in [0.15, 0.2) is 6.10 Å². The molecule has 0 heterocycles. The molecule has 0 spiro atoms. The first kappa shape index (κ1) is 15.8. The van der Waals surface area contributed by atoms with Gasteiger partial charge < -0.3 is 14.8 Å². The van der Waals surface area contributed by atoms with Crippen LogP contribution in [0.25, 0.3) is 0 Å². The Balaban J connectivity index is 2.05. The lowest BCUT2D eigenvalue weighted by molar-refractivity contribution is -0.122. The molecule has 0 unspecified atom stereocenters. The summed E-state index contributed by atoms with van der Waals surface area (Å²) in [6.45, 7) is 1.84. The molecule has 0 saturated carbocycles. The van der Waals surface area contributed by atoms with Crippen LogP contribution in [0.15, 0.2) is 48.5 Å². The van der Waals surface area contributed by atoms with E-state index in [1.165, 1.54) is 18.2 Å². The summed E-state index contributed by atoms with van der Waals surface area (Å²) < 4.78 is 23.9. The van der Waals surface area contributed by atoms with Gasteiger partial charge in [-0.3, -0.25) is 4.79 Å². The number of carbonyl (C=O) groups excluding carboxylic acids is 1. The number of halogens is 1. The van der Waals surface area contributed by atoms with Crippen molar-refractivity contribution in [2.45, 2.75) is 19.4 Å². The number of amides is 1. The van der Waals surface area contributed by atoms with Crippen LogP contribution >= 0.6 is 0 Å². The Labute approximate surface area is 128 Å². The summed E-state index contributed by atoms with van der Waals surface area (Å²) >= 11 is 0. The topological polar surface area (TPSA) is 47.6 Å². The molecule has 0 fully saturated rings. The Morgan fingerprint density at radius 2 is 1.91 bits per heavy atom. The van der Waals surface area contributed by atoms with Gasteiger partial charge in [-0.2, -0.15) is 0 Å². The van der Waals surface area contributed by atoms with Crippen molar-refractivity contribution in [1.82, 2.24) is 0 Å². The van der Waals surface area contributed by atoms with Gasteiger partial charge in [-0.1, -0.05) is 19.1 Å². The van der Waals surface area contributed by atoms with Crippen molar-refractivity contribution in [2.24, 2.45) is 0 Å². The van der Waals surface area contributed by atoms with Gasteiger partial charge in [-0.15, -0.1) is 0 Å². The van der Waals surface area contributed by atoms with Gasteiger partial charge in [0.1, 0.15) is 17.3 Å². The quantitative estimate of drug-likeness (QED) is 0.886. The Kier molecular flexibility index (Phi) is 5.36. The Morgan fingerprint density at radius 3 is 2.59 bits per heavy atom. The minimum Gasteiger partial charge on any atom is -0.497 e. The van der Waals surface area contributed by atoms with E-state index >= 15 is 0 Å². The van der Waals surface area contributed by atoms with Crippen molar-refractivity contribution in [2.75, 3.05) is 12.4 Å². The third-order valence-corrected chi connectivity index (χ3v) is 3.07. The maximum absolute atomic E-state index is 13.1. The minimum absolute atomic E-state index is 0.323. The molecule has 4 nitrogen and oxygen atoms in total. The van der Waals surface area contributed by atoms with Crippen LogP contribution in [-0.2, 0) is 4.79 Å². The van der Waals surface area contributed by atoms with E-state index < -0.39 is 11.9 Å². The van der Waals surface area contributed by atoms with Gasteiger partial charge >= 0.3 is 0 Å². The maximum atomic E-state index is 13.1. The van der Waals surface area contributed by atoms with Crippen LogP contribution < -0.4 is 14.8 Å². The Morgan fingerprint density at radius 1 is 1.18 bits per heavy atom. The molecule has 116 valence electrons. The monoisotopic (exact) mass is 303 g/mol. The first-order valence-corrected chi connectivity index (χ1v) is 6.99. The molecule has 2 aromatic rings. The molecular formula is C17H18FNO3. The van der Waals surface area contributed by atoms with Gasteiger partial charge in [0, 0.05) is 11.8 Å². The first-order valence-electron chi connectivity index (χ1n) is 6.99. The fraction of sp³-hybridized carbons (Fsp3) is 0.235. The molecule has 0 aromatic heterocycles. The average Bonchev–Trinajstić information content (AvgIpc) is 2.52. The van der Waals surface area contributed by atoms with Crippen LogP contribution in [0, 0.1) is 5.82 Å². The molecule has 0 saturated heterocycles. The number of benzene rings is 2. The number of rotatable bonds is 6. The van der Waals surface area contributed by atoms with Gasteiger partial charge in [-0.05, 0) is 36.8 Å². The van der Waals surface area contributed by atoms with E-state index in [-0.39, 0.29) is 5.91 Å². The highest BCUT2D eigenvalue weighted by Gasteiger charge is 2.19. The van der Waals surface area contributed by atoms with Gasteiger partial charge in [0.2, 0.25) is 0 Å². The molecule has 0 aliphatic heterocycles. The number of anilines is 1. The fourth-order valence-corrected chi connectivity index (χ4v) is 1.95. The number of carbonyl (C=O) groups is 1. The molecule has 1 amide bonds. The second kappa shape index (κ2) is 7.45. The van der Waals surface area contributed by atoms with E-state index in [1.807, 2.05) is 6.92 Å². The summed E-state index contributed by atoms with van der Waals surface area (Å²) in [5, 5.41) is 2.65. The van der Waals surface area contributed by atoms with Crippen LogP contribution in [0.3, 0.4) is 0 Å². The SMILES string of the molecule is CC[C@H](Oc1cccc(OC)c1)C(=O)Nc1cccc(F)c1. The minimum atomic E-state index is -0.671. The molecule has 5 heteroatoms. The van der Waals surface area contributed by atoms with Gasteiger partial charge in [0.05, 0.1) is 7.11 Å². The Hall–Kier alpha value is -2.56. The molecule has 0 aliphatic carbocycles. The van der Waals surface area contributed by atoms with Crippen LogP contribution in [0.1, 0.15) is 13.3 Å². The number of nitrogens with one attached hydrogen (secondary N) is 1. The van der Waals surface area contributed by atoms with E-state index in [1.54, 1.807) is 37.4 Å². The maximum Gasteiger partial charge on any atom is 0.265 e. The number of ether oxygens (including phenoxy) is 2. The lowest BCUT2D eigenvalue weighted by atomic mass is 10.2. The van der Waals surface area contributed by atoms with Gasteiger partial charge in [0.25, 0.3) is 5.91 Å². The largest absolute Gasteiger partial charge is 0.497 e. The highest BCUT2D eigenvalue weighted by Crippen LogP contribution is 2.21. The van der Waals surface area contributed by atoms with E-state index in [9.17, 15) is 9.18 Å². The predicted molar refractivity (Wildman–Crippen MR) is 82.7 cm³/mol. The summed E-state index contributed by atoms with van der Waals surface area (Å²) in [6.07, 6.45) is -0.186. The average molecular weight is 303 g/mol. The number of methoxy groups -OCH3 is 1. The normalized spacial score (nSPS) is 11.6. The third-order valence-electron chi connectivity index (χ3n) is 3.07. The summed E-state index contributed by atoms with van der Waals surface area (Å²) in [4.78, 5) is 12.2. The molecule has 2 rings (SSSR count). The van der Waals surface area contributed by atoms with Crippen LogP contribution in [0.5, 0.6) is 11.5 Å². The number of hydrogen-bond donors (Lipinski definition) is 1. The standard InChI is InChI=1S/C17H18FNO3/c1-3-16(22-15-9-5-8-14(11-15)21-2)17(20)19-13-7-4-6-12(18)10-13/h4-11,16H,3H2,1-2H3,(H,19,20)/t16-/m0/s1. The van der Waals surface area contributed by atoms with Crippen molar-refractivity contribution in [1.29, 1.82) is 0 Å². The fourth-order valence-electron chi connectivity index (χ4n) is 1.95. The lowest BCUT2D eigenvalue weighted by Crippen LogP contribution is -2.32. The van der Waals surface area contributed by atoms with Crippen molar-refractivity contribution >= 4 is 11.6 Å². The zero-order valence-corrected chi connectivity index (χ0v) is 12.5. The van der Waals surface area contributed by atoms with Crippen LogP contribution in [0.2, 0.25) is 0 Å². The van der Waals surface area contributed by atoms with E-state index in [0.29, 0.717) is 23.6 Å². The highest BCUT2D eigenvalue weighted by atomic mass is 19.1. The summed E-state index contributed by atoms with van der Waals surface area (Å²) in [5.41, 5.74) is 0.401. The molecule has 0 radical (unpaired) electrons. The summed E-state index contributed by atoms with van der Waals surface area (Å²) in [6, 6.07) is 12.8. The molecular weight excluding hydrogens is 285 g/mol. The third kappa shape index (κ3) is 4.22. The van der Waals surface area contributed by atoms with Crippen molar-refractivity contribution in [3.05, 3.63) is 54.3 Å². The first-order chi connectivity index (χ1) is 10.6. The summed E-state index contributed by atoms with van der Waals surface area (Å²) in [7, 11) is 1.56. The second-order valence-electron chi connectivity index (χ2n) is 4.69. The van der Waals surface area contributed by atoms with Crippen molar-refractivity contribution < 1.29 is 18.7 Å². The zero-order chi connectivity index (χ0) is 15.9. The van der Waals surface area contributed by atoms with E-state index in [2.05, 4.69) is 5.32 Å². The lowest BCUT2D eigenvalue weighted by Gasteiger charge is -2.17. The highest BCUT2D eigenvalue weighted by molar-refractivity contribution is 5.94. The smallest absolute Gasteiger partial charge is 0.265 e. The van der Waals surface area contributed by atoms with Crippen LogP contribution in [-0.4, -0.2) is 19.1 Å². The molecule has 0 aliphatic rings. The van der Waals surface area contributed by atoms with Crippen molar-refractivity contribution in [3.63, 3.8) is 0 Å². The zero-order valence-electron chi connectivity index (χ0n) is 12.5. The molecule has 1 N–H and O–H groups in total.